The van der Waals surface area contributed by atoms with Crippen LogP contribution in [-0.4, -0.2) is 79.7 Å². The second-order valence-corrected chi connectivity index (χ2v) is 9.41. The molecule has 1 atom stereocenters. The molecule has 0 saturated carbocycles. The Balaban J connectivity index is 1.49. The molecule has 3 aromatic rings. The summed E-state index contributed by atoms with van der Waals surface area (Å²) >= 11 is 0. The van der Waals surface area contributed by atoms with E-state index in [9.17, 15) is 14.5 Å². The Bertz CT molecular complexity index is 1280. The maximum Gasteiger partial charge on any atom is 0.253 e. The molecule has 37 heavy (non-hydrogen) atoms. The van der Waals surface area contributed by atoms with Gasteiger partial charge in [-0.05, 0) is 29.3 Å². The average Bonchev–Trinajstić information content (AvgIpc) is 3.26. The molecule has 0 spiro atoms. The van der Waals surface area contributed by atoms with Crippen molar-refractivity contribution in [1.29, 1.82) is 0 Å². The SMILES string of the molecule is CN(N=O)C(=O)C1CNCc2c1c1cc(OCCN3CCOCC3)ccc1n2Cc1ccc(C=O)cc1. The number of ether oxygens (including phenoxy) is 2. The summed E-state index contributed by atoms with van der Waals surface area (Å²) in [6.07, 6.45) is 0.828. The minimum absolute atomic E-state index is 0.350. The van der Waals surface area contributed by atoms with Crippen molar-refractivity contribution < 1.29 is 19.1 Å². The third-order valence-corrected chi connectivity index (χ3v) is 7.15. The largest absolute Gasteiger partial charge is 0.492 e. The van der Waals surface area contributed by atoms with E-state index in [-0.39, 0.29) is 5.91 Å². The summed E-state index contributed by atoms with van der Waals surface area (Å²) in [4.78, 5) is 37.6. The number of morpholine rings is 1. The van der Waals surface area contributed by atoms with Gasteiger partial charge in [0.15, 0.2) is 0 Å². The van der Waals surface area contributed by atoms with Gasteiger partial charge in [-0.2, -0.15) is 5.01 Å². The van der Waals surface area contributed by atoms with E-state index in [1.54, 1.807) is 12.1 Å². The third kappa shape index (κ3) is 5.27. The van der Waals surface area contributed by atoms with E-state index in [1.165, 1.54) is 7.05 Å². The van der Waals surface area contributed by atoms with Crippen molar-refractivity contribution in [2.45, 2.75) is 19.0 Å². The number of nitrogens with zero attached hydrogens (tertiary/aromatic N) is 4. The lowest BCUT2D eigenvalue weighted by Crippen LogP contribution is -2.38. The van der Waals surface area contributed by atoms with Gasteiger partial charge in [-0.1, -0.05) is 24.3 Å². The van der Waals surface area contributed by atoms with Crippen LogP contribution in [0.1, 0.15) is 33.1 Å². The van der Waals surface area contributed by atoms with Gasteiger partial charge in [0, 0.05) is 68.5 Å². The van der Waals surface area contributed by atoms with Crippen LogP contribution in [0.2, 0.25) is 0 Å². The predicted molar refractivity (Wildman–Crippen MR) is 139 cm³/mol. The zero-order chi connectivity index (χ0) is 25.8. The first kappa shape index (κ1) is 25.1. The molecule has 1 N–H and O–H groups in total. The van der Waals surface area contributed by atoms with Gasteiger partial charge in [-0.3, -0.25) is 14.5 Å². The molecule has 3 heterocycles. The minimum atomic E-state index is -0.545. The normalized spacial score (nSPS) is 17.8. The van der Waals surface area contributed by atoms with Crippen LogP contribution in [0.25, 0.3) is 10.9 Å². The van der Waals surface area contributed by atoms with E-state index in [0.29, 0.717) is 31.8 Å². The molecule has 1 aromatic heterocycles. The van der Waals surface area contributed by atoms with Crippen molar-refractivity contribution in [3.8, 4) is 5.75 Å². The van der Waals surface area contributed by atoms with Crippen molar-refractivity contribution in [3.63, 3.8) is 0 Å². The number of nitroso groups, excluding NO2 is 1. The Kier molecular flexibility index (Phi) is 7.59. The van der Waals surface area contributed by atoms with E-state index in [2.05, 4.69) is 20.1 Å². The lowest BCUT2D eigenvalue weighted by Gasteiger charge is -2.26. The van der Waals surface area contributed by atoms with E-state index in [0.717, 1.165) is 77.6 Å². The molecule has 2 aliphatic rings. The molecular weight excluding hydrogens is 474 g/mol. The Hall–Kier alpha value is -3.60. The number of hydrogen-bond donors (Lipinski definition) is 1. The molecule has 1 amide bonds. The molecule has 10 nitrogen and oxygen atoms in total. The van der Waals surface area contributed by atoms with Gasteiger partial charge in [0.25, 0.3) is 5.91 Å². The number of hydrogen-bond acceptors (Lipinski definition) is 8. The molecule has 194 valence electrons. The van der Waals surface area contributed by atoms with Crippen molar-refractivity contribution in [3.05, 3.63) is 69.8 Å². The monoisotopic (exact) mass is 505 g/mol. The Morgan fingerprint density at radius 1 is 1.22 bits per heavy atom. The number of amides is 1. The molecule has 1 fully saturated rings. The van der Waals surface area contributed by atoms with Gasteiger partial charge >= 0.3 is 0 Å². The molecule has 0 aliphatic carbocycles. The summed E-state index contributed by atoms with van der Waals surface area (Å²) in [5.74, 6) is -0.157. The highest BCUT2D eigenvalue weighted by atomic mass is 16.5. The third-order valence-electron chi connectivity index (χ3n) is 7.15. The van der Waals surface area contributed by atoms with Gasteiger partial charge in [-0.25, -0.2) is 0 Å². The van der Waals surface area contributed by atoms with Crippen molar-refractivity contribution >= 4 is 23.1 Å². The first-order chi connectivity index (χ1) is 18.1. The summed E-state index contributed by atoms with van der Waals surface area (Å²) < 4.78 is 13.7. The number of benzene rings is 2. The molecule has 5 rings (SSSR count). The number of nitrogens with one attached hydrogen (secondary N) is 1. The van der Waals surface area contributed by atoms with Crippen molar-refractivity contribution in [1.82, 2.24) is 19.8 Å². The summed E-state index contributed by atoms with van der Waals surface area (Å²) in [5, 5.41) is 7.98. The zero-order valence-corrected chi connectivity index (χ0v) is 20.9. The first-order valence-corrected chi connectivity index (χ1v) is 12.5. The number of aldehydes is 1. The molecule has 1 saturated heterocycles. The van der Waals surface area contributed by atoms with Crippen LogP contribution in [-0.2, 0) is 22.6 Å². The fourth-order valence-electron chi connectivity index (χ4n) is 5.18. The summed E-state index contributed by atoms with van der Waals surface area (Å²) in [7, 11) is 1.39. The summed E-state index contributed by atoms with van der Waals surface area (Å²) in [6, 6.07) is 13.5. The fourth-order valence-corrected chi connectivity index (χ4v) is 5.18. The number of aromatic nitrogens is 1. The molecule has 1 unspecified atom stereocenters. The van der Waals surface area contributed by atoms with Crippen molar-refractivity contribution in [2.75, 3.05) is 53.0 Å². The standard InChI is InChI=1S/C27H31N5O5/c1-30(29-35)27(34)23-15-28-16-25-26(23)22-14-21(37-13-10-31-8-11-36-12-9-31)6-7-24(22)32(25)17-19-2-4-20(18-33)5-3-19/h2-7,14,18,23,28H,8-13,15-17H2,1H3. The van der Waals surface area contributed by atoms with E-state index in [4.69, 9.17) is 9.47 Å². The quantitative estimate of drug-likeness (QED) is 0.271. The van der Waals surface area contributed by atoms with Crippen LogP contribution in [0.15, 0.2) is 47.8 Å². The number of carbonyl (C=O) groups is 2. The highest BCUT2D eigenvalue weighted by molar-refractivity contribution is 5.95. The molecule has 2 aromatic carbocycles. The van der Waals surface area contributed by atoms with Crippen LogP contribution in [0.3, 0.4) is 0 Å². The lowest BCUT2D eigenvalue weighted by molar-refractivity contribution is -0.131. The van der Waals surface area contributed by atoms with Crippen LogP contribution in [0.4, 0.5) is 0 Å². The summed E-state index contributed by atoms with van der Waals surface area (Å²) in [5.41, 5.74) is 4.53. The molecular formula is C27H31N5O5. The second kappa shape index (κ2) is 11.2. The van der Waals surface area contributed by atoms with Crippen LogP contribution in [0.5, 0.6) is 5.75 Å². The van der Waals surface area contributed by atoms with Gasteiger partial charge in [0.05, 0.1) is 24.4 Å². The van der Waals surface area contributed by atoms with Gasteiger partial charge in [0.2, 0.25) is 0 Å². The van der Waals surface area contributed by atoms with Crippen LogP contribution in [0, 0.1) is 4.91 Å². The summed E-state index contributed by atoms with van der Waals surface area (Å²) in [6.45, 7) is 6.26. The number of likely N-dealkylation sites (N-methyl/N-ethyl adjacent to an activating group) is 1. The Morgan fingerprint density at radius 3 is 2.73 bits per heavy atom. The Labute approximate surface area is 215 Å². The Morgan fingerprint density at radius 2 is 2.00 bits per heavy atom. The van der Waals surface area contributed by atoms with Gasteiger partial charge in [-0.15, -0.1) is 4.91 Å². The first-order valence-electron chi connectivity index (χ1n) is 12.5. The van der Waals surface area contributed by atoms with Crippen molar-refractivity contribution in [2.24, 2.45) is 5.29 Å². The minimum Gasteiger partial charge on any atom is -0.492 e. The number of carbonyl (C=O) groups excluding carboxylic acids is 2. The molecule has 0 radical (unpaired) electrons. The second-order valence-electron chi connectivity index (χ2n) is 9.41. The maximum atomic E-state index is 13.1. The van der Waals surface area contributed by atoms with Gasteiger partial charge in [0.1, 0.15) is 18.6 Å². The van der Waals surface area contributed by atoms with Gasteiger partial charge < -0.3 is 19.4 Å². The lowest BCUT2D eigenvalue weighted by atomic mass is 9.92. The molecule has 2 aliphatic heterocycles. The topological polar surface area (TPSA) is 105 Å². The zero-order valence-electron chi connectivity index (χ0n) is 20.9. The molecule has 0 bridgehead atoms. The number of rotatable bonds is 9. The fraction of sp³-hybridized carbons (Fsp3) is 0.407. The number of fused-ring (bicyclic) bond motifs is 3. The van der Waals surface area contributed by atoms with E-state index >= 15 is 0 Å². The smallest absolute Gasteiger partial charge is 0.253 e. The predicted octanol–water partition coefficient (Wildman–Crippen LogP) is 2.54. The van der Waals surface area contributed by atoms with E-state index in [1.807, 2.05) is 30.3 Å². The maximum absolute atomic E-state index is 13.1. The molecule has 10 heteroatoms. The van der Waals surface area contributed by atoms with E-state index < -0.39 is 5.92 Å². The highest BCUT2D eigenvalue weighted by Crippen LogP contribution is 2.37. The average molecular weight is 506 g/mol. The highest BCUT2D eigenvalue weighted by Gasteiger charge is 2.34. The van der Waals surface area contributed by atoms with Crippen LogP contribution >= 0.6 is 0 Å². The van der Waals surface area contributed by atoms with Crippen LogP contribution < -0.4 is 10.1 Å².